The van der Waals surface area contributed by atoms with E-state index in [1.165, 1.54) is 36.0 Å². The van der Waals surface area contributed by atoms with Crippen LogP contribution in [0, 0.1) is 35.0 Å². The normalized spacial score (nSPS) is 19.5. The molecule has 1 saturated heterocycles. The molecular formula is C33H26F5NO6S. The number of aliphatic hydroxyl groups excluding tert-OH is 1. The molecule has 0 unspecified atom stereocenters. The van der Waals surface area contributed by atoms with Gasteiger partial charge in [-0.25, -0.2) is 26.7 Å². The molecule has 4 atom stereocenters. The lowest BCUT2D eigenvalue weighted by Gasteiger charge is -2.41. The van der Waals surface area contributed by atoms with Gasteiger partial charge in [-0.1, -0.05) is 55.5 Å². The maximum atomic E-state index is 14.3. The van der Waals surface area contributed by atoms with Gasteiger partial charge in [-0.3, -0.25) is 4.79 Å². The molecule has 0 aliphatic carbocycles. The monoisotopic (exact) mass is 659 g/mol. The third kappa shape index (κ3) is 6.77. The number of amides is 1. The Morgan fingerprint density at radius 2 is 1.48 bits per heavy atom. The second-order valence-corrected chi connectivity index (χ2v) is 11.5. The summed E-state index contributed by atoms with van der Waals surface area (Å²) in [5.41, 5.74) is 0.287. The van der Waals surface area contributed by atoms with E-state index in [0.717, 1.165) is 5.56 Å². The lowest BCUT2D eigenvalue weighted by atomic mass is 9.91. The van der Waals surface area contributed by atoms with Crippen LogP contribution in [0.1, 0.15) is 56.7 Å². The number of carbonyl (C=O) groups is 2. The number of nitrogens with one attached hydrogen (secondary N) is 1. The second-order valence-electron chi connectivity index (χ2n) is 10.5. The summed E-state index contributed by atoms with van der Waals surface area (Å²) in [5, 5.41) is 21.2. The molecule has 5 rings (SSSR count). The average molecular weight is 660 g/mol. The number of carbonyl (C=O) groups excluding carboxylic acids is 1. The number of anilines is 1. The summed E-state index contributed by atoms with van der Waals surface area (Å²) in [7, 11) is 0. The molecule has 46 heavy (non-hydrogen) atoms. The fraction of sp³-hybridized carbons (Fsp3) is 0.212. The van der Waals surface area contributed by atoms with E-state index in [2.05, 4.69) is 5.32 Å². The van der Waals surface area contributed by atoms with Gasteiger partial charge < -0.3 is 25.0 Å². The number of hydrogen-bond acceptors (Lipinski definition) is 6. The molecule has 1 heterocycles. The molecule has 0 saturated carbocycles. The number of rotatable bonds is 9. The first kappa shape index (κ1) is 33.1. The van der Waals surface area contributed by atoms with Crippen molar-refractivity contribution in [2.24, 2.45) is 5.92 Å². The Morgan fingerprint density at radius 1 is 0.826 bits per heavy atom. The molecule has 4 aromatic rings. The van der Waals surface area contributed by atoms with Crippen molar-refractivity contribution in [2.75, 3.05) is 11.1 Å². The molecule has 0 bridgehead atoms. The van der Waals surface area contributed by atoms with Crippen LogP contribution in [0.15, 0.2) is 77.7 Å². The molecule has 0 radical (unpaired) electrons. The lowest BCUT2D eigenvalue weighted by molar-refractivity contribution is -0.268. The molecule has 3 N–H and O–H groups in total. The lowest BCUT2D eigenvalue weighted by Crippen LogP contribution is -2.38. The molecule has 1 aliphatic heterocycles. The highest BCUT2D eigenvalue weighted by atomic mass is 32.2. The highest BCUT2D eigenvalue weighted by molar-refractivity contribution is 7.99. The summed E-state index contributed by atoms with van der Waals surface area (Å²) in [4.78, 5) is 24.9. The number of hydrogen-bond donors (Lipinski definition) is 3. The highest BCUT2D eigenvalue weighted by Gasteiger charge is 2.39. The Kier molecular flexibility index (Phi) is 10.1. The van der Waals surface area contributed by atoms with E-state index < -0.39 is 65.0 Å². The molecule has 240 valence electrons. The molecule has 1 fully saturated rings. The van der Waals surface area contributed by atoms with Crippen LogP contribution in [0.3, 0.4) is 0 Å². The third-order valence-electron chi connectivity index (χ3n) is 7.50. The van der Waals surface area contributed by atoms with Crippen molar-refractivity contribution in [3.63, 3.8) is 0 Å². The average Bonchev–Trinajstić information content (AvgIpc) is 3.06. The first-order valence-electron chi connectivity index (χ1n) is 13.9. The highest BCUT2D eigenvalue weighted by Crippen LogP contribution is 2.43. The van der Waals surface area contributed by atoms with Gasteiger partial charge in [0.15, 0.2) is 29.6 Å². The number of aliphatic hydroxyl groups is 1. The minimum atomic E-state index is -2.38. The van der Waals surface area contributed by atoms with E-state index in [1.807, 2.05) is 6.92 Å². The van der Waals surface area contributed by atoms with Crippen molar-refractivity contribution in [3.05, 3.63) is 130 Å². The van der Waals surface area contributed by atoms with Crippen molar-refractivity contribution in [2.45, 2.75) is 36.9 Å². The van der Waals surface area contributed by atoms with E-state index in [9.17, 15) is 41.8 Å². The van der Waals surface area contributed by atoms with E-state index in [1.54, 1.807) is 48.5 Å². The van der Waals surface area contributed by atoms with E-state index in [4.69, 9.17) is 9.47 Å². The number of thioether (sulfide) groups is 1. The SMILES string of the molecule is C[C@@H]1[C@H](CSc2ccccc2C(=O)O)O[C@H](c2cccc(NC(=O)c3c(F)c(F)c(F)c(F)c3F)c2)O[C@@H]1c1ccc(CO)cc1. The topological polar surface area (TPSA) is 105 Å². The molecular weight excluding hydrogens is 633 g/mol. The van der Waals surface area contributed by atoms with Crippen molar-refractivity contribution in [1.29, 1.82) is 0 Å². The number of carboxylic acid groups (broad SMARTS) is 1. The van der Waals surface area contributed by atoms with Gasteiger partial charge in [0, 0.05) is 27.8 Å². The van der Waals surface area contributed by atoms with Crippen LogP contribution in [-0.2, 0) is 16.1 Å². The minimum Gasteiger partial charge on any atom is -0.478 e. The molecule has 1 amide bonds. The number of halogens is 5. The third-order valence-corrected chi connectivity index (χ3v) is 8.66. The molecule has 1 aliphatic rings. The van der Waals surface area contributed by atoms with E-state index in [-0.39, 0.29) is 23.8 Å². The zero-order valence-electron chi connectivity index (χ0n) is 24.0. The zero-order valence-corrected chi connectivity index (χ0v) is 24.8. The van der Waals surface area contributed by atoms with Gasteiger partial charge in [0.1, 0.15) is 5.56 Å². The van der Waals surface area contributed by atoms with E-state index in [0.29, 0.717) is 21.8 Å². The molecule has 0 spiro atoms. The van der Waals surface area contributed by atoms with E-state index >= 15 is 0 Å². The largest absolute Gasteiger partial charge is 0.478 e. The first-order chi connectivity index (χ1) is 22.0. The Bertz CT molecular complexity index is 1740. The maximum absolute atomic E-state index is 14.3. The fourth-order valence-corrected chi connectivity index (χ4v) is 6.22. The van der Waals surface area contributed by atoms with Crippen LogP contribution in [0.25, 0.3) is 0 Å². The minimum absolute atomic E-state index is 0.0394. The number of benzene rings is 4. The Morgan fingerprint density at radius 3 is 2.13 bits per heavy atom. The Balaban J connectivity index is 1.43. The Labute approximate surface area is 264 Å². The summed E-state index contributed by atoms with van der Waals surface area (Å²) in [5.74, 6) is -14.0. The van der Waals surface area contributed by atoms with Gasteiger partial charge >= 0.3 is 5.97 Å². The number of ether oxygens (including phenoxy) is 2. The quantitative estimate of drug-likeness (QED) is 0.0744. The summed E-state index contributed by atoms with van der Waals surface area (Å²) in [6, 6.07) is 19.5. The first-order valence-corrected chi connectivity index (χ1v) is 14.9. The Hall–Kier alpha value is -4.30. The van der Waals surface area contributed by atoms with Crippen LogP contribution in [0.5, 0.6) is 0 Å². The molecule has 7 nitrogen and oxygen atoms in total. The van der Waals surface area contributed by atoms with Crippen molar-refractivity contribution >= 4 is 29.3 Å². The van der Waals surface area contributed by atoms with Crippen molar-refractivity contribution < 1.29 is 51.2 Å². The van der Waals surface area contributed by atoms with Crippen LogP contribution < -0.4 is 5.32 Å². The predicted molar refractivity (Wildman–Crippen MR) is 158 cm³/mol. The summed E-state index contributed by atoms with van der Waals surface area (Å²) >= 11 is 1.29. The number of aromatic carboxylic acids is 1. The van der Waals surface area contributed by atoms with Crippen LogP contribution in [0.4, 0.5) is 27.6 Å². The molecule has 0 aromatic heterocycles. The number of carboxylic acids is 1. The maximum Gasteiger partial charge on any atom is 0.336 e. The van der Waals surface area contributed by atoms with Gasteiger partial charge in [0.2, 0.25) is 5.82 Å². The van der Waals surface area contributed by atoms with Crippen molar-refractivity contribution in [1.82, 2.24) is 0 Å². The van der Waals surface area contributed by atoms with Crippen LogP contribution in [0.2, 0.25) is 0 Å². The zero-order chi connectivity index (χ0) is 33.1. The van der Waals surface area contributed by atoms with Crippen LogP contribution >= 0.6 is 11.8 Å². The molecule has 13 heteroatoms. The smallest absolute Gasteiger partial charge is 0.336 e. The predicted octanol–water partition coefficient (Wildman–Crippen LogP) is 7.41. The van der Waals surface area contributed by atoms with Crippen LogP contribution in [-0.4, -0.2) is 33.9 Å². The fourth-order valence-electron chi connectivity index (χ4n) is 5.01. The standard InChI is InChI=1S/C33H26F5NO6S/c1-16-22(15-46-23-8-3-2-7-21(23)32(42)43)44-33(45-30(16)18-11-9-17(14-40)10-12-18)19-5-4-6-20(13-19)39-31(41)24-25(34)27(36)29(38)28(37)26(24)35/h2-13,16,22,30,33,40H,14-15H2,1H3,(H,39,41)(H,42,43)/t16-,22+,30+,33+/m1/s1. The van der Waals surface area contributed by atoms with Gasteiger partial charge in [-0.05, 0) is 35.4 Å². The van der Waals surface area contributed by atoms with Gasteiger partial charge in [0.25, 0.3) is 5.91 Å². The van der Waals surface area contributed by atoms with Crippen molar-refractivity contribution in [3.8, 4) is 0 Å². The van der Waals surface area contributed by atoms with Gasteiger partial charge in [-0.2, -0.15) is 0 Å². The summed E-state index contributed by atoms with van der Waals surface area (Å²) in [6.07, 6.45) is -2.09. The molecule has 4 aromatic carbocycles. The van der Waals surface area contributed by atoms with Gasteiger partial charge in [-0.15, -0.1) is 11.8 Å². The summed E-state index contributed by atoms with van der Waals surface area (Å²) < 4.78 is 82.1. The summed E-state index contributed by atoms with van der Waals surface area (Å²) in [6.45, 7) is 1.76. The second kappa shape index (κ2) is 14.0. The van der Waals surface area contributed by atoms with Gasteiger partial charge in [0.05, 0.1) is 24.4 Å².